The van der Waals surface area contributed by atoms with Gasteiger partial charge in [-0.1, -0.05) is 6.07 Å². The fourth-order valence-corrected chi connectivity index (χ4v) is 2.44. The summed E-state index contributed by atoms with van der Waals surface area (Å²) in [6.07, 6.45) is 2.61. The molecule has 0 atom stereocenters. The number of nitrogens with zero attached hydrogens (tertiary/aromatic N) is 3. The molecule has 1 aromatic carbocycles. The maximum absolute atomic E-state index is 12.8. The number of rotatable bonds is 8. The van der Waals surface area contributed by atoms with Crippen LogP contribution in [0.15, 0.2) is 42.6 Å². The van der Waals surface area contributed by atoms with Gasteiger partial charge in [0.25, 0.3) is 11.6 Å². The van der Waals surface area contributed by atoms with Crippen molar-refractivity contribution in [2.24, 2.45) is 7.05 Å². The molecule has 0 saturated heterocycles. The first-order valence-electron chi connectivity index (χ1n) is 7.66. The Hall–Kier alpha value is -2.67. The first kappa shape index (κ1) is 17.7. The van der Waals surface area contributed by atoms with E-state index in [1.54, 1.807) is 18.1 Å². The van der Waals surface area contributed by atoms with Crippen LogP contribution < -0.4 is 0 Å². The number of hydrogen-bond acceptors (Lipinski definition) is 4. The maximum atomic E-state index is 12.8. The zero-order valence-electron chi connectivity index (χ0n) is 13.8. The normalized spacial score (nSPS) is 10.6. The minimum Gasteiger partial charge on any atom is -0.385 e. The van der Waals surface area contributed by atoms with Crippen LogP contribution in [0.25, 0.3) is 0 Å². The van der Waals surface area contributed by atoms with Crippen LogP contribution in [0.4, 0.5) is 5.69 Å². The summed E-state index contributed by atoms with van der Waals surface area (Å²) in [5.74, 6) is -0.226. The summed E-state index contributed by atoms with van der Waals surface area (Å²) >= 11 is 0. The molecule has 2 rings (SSSR count). The molecule has 0 aliphatic heterocycles. The highest BCUT2D eigenvalue weighted by atomic mass is 16.6. The van der Waals surface area contributed by atoms with Crippen molar-refractivity contribution in [1.29, 1.82) is 0 Å². The molecule has 0 N–H and O–H groups in total. The zero-order valence-corrected chi connectivity index (χ0v) is 13.8. The van der Waals surface area contributed by atoms with E-state index in [2.05, 4.69) is 0 Å². The number of non-ortho nitro benzene ring substituents is 1. The van der Waals surface area contributed by atoms with Crippen molar-refractivity contribution in [3.63, 3.8) is 0 Å². The lowest BCUT2D eigenvalue weighted by Gasteiger charge is -2.23. The second-order valence-corrected chi connectivity index (χ2v) is 5.49. The molecule has 0 aliphatic rings. The number of carbonyl (C=O) groups excluding carboxylic acids is 1. The fraction of sp³-hybridized carbons (Fsp3) is 0.353. The van der Waals surface area contributed by atoms with Gasteiger partial charge < -0.3 is 14.2 Å². The van der Waals surface area contributed by atoms with Crippen LogP contribution in [-0.2, 0) is 18.3 Å². The van der Waals surface area contributed by atoms with Crippen LogP contribution >= 0.6 is 0 Å². The minimum atomic E-state index is -0.497. The van der Waals surface area contributed by atoms with Gasteiger partial charge in [-0.2, -0.15) is 0 Å². The number of amides is 1. The van der Waals surface area contributed by atoms with Crippen molar-refractivity contribution >= 4 is 11.6 Å². The third-order valence-corrected chi connectivity index (χ3v) is 3.77. The van der Waals surface area contributed by atoms with E-state index in [0.29, 0.717) is 31.7 Å². The van der Waals surface area contributed by atoms with Gasteiger partial charge >= 0.3 is 0 Å². The zero-order chi connectivity index (χ0) is 17.5. The van der Waals surface area contributed by atoms with E-state index in [0.717, 1.165) is 5.69 Å². The van der Waals surface area contributed by atoms with Gasteiger partial charge in [0.05, 0.1) is 11.5 Å². The van der Waals surface area contributed by atoms with Crippen molar-refractivity contribution in [2.45, 2.75) is 13.0 Å². The second-order valence-electron chi connectivity index (χ2n) is 5.49. The molecule has 0 aliphatic carbocycles. The maximum Gasteiger partial charge on any atom is 0.270 e. The molecule has 0 radical (unpaired) electrons. The van der Waals surface area contributed by atoms with Crippen LogP contribution in [0.3, 0.4) is 0 Å². The number of ether oxygens (including phenoxy) is 1. The smallest absolute Gasteiger partial charge is 0.270 e. The average molecular weight is 331 g/mol. The van der Waals surface area contributed by atoms with Crippen molar-refractivity contribution in [3.8, 4) is 0 Å². The number of hydrogen-bond donors (Lipinski definition) is 0. The number of aryl methyl sites for hydroxylation is 1. The van der Waals surface area contributed by atoms with Gasteiger partial charge in [-0.15, -0.1) is 0 Å². The van der Waals surface area contributed by atoms with E-state index < -0.39 is 4.92 Å². The van der Waals surface area contributed by atoms with E-state index >= 15 is 0 Å². The second kappa shape index (κ2) is 8.26. The average Bonchev–Trinajstić information content (AvgIpc) is 2.98. The molecule has 0 fully saturated rings. The van der Waals surface area contributed by atoms with Gasteiger partial charge in [-0.25, -0.2) is 0 Å². The Morgan fingerprint density at radius 3 is 2.75 bits per heavy atom. The summed E-state index contributed by atoms with van der Waals surface area (Å²) in [7, 11) is 3.53. The highest BCUT2D eigenvalue weighted by molar-refractivity contribution is 5.94. The van der Waals surface area contributed by atoms with E-state index in [-0.39, 0.29) is 11.6 Å². The fourth-order valence-electron chi connectivity index (χ4n) is 2.44. The highest BCUT2D eigenvalue weighted by Crippen LogP contribution is 2.16. The number of aromatic nitrogens is 1. The Bertz CT molecular complexity index is 711. The number of methoxy groups -OCH3 is 1. The molecule has 128 valence electrons. The SMILES string of the molecule is COCCCN(Cc1cccn1C)C(=O)c1cccc([N+](=O)[O-])c1. The summed E-state index contributed by atoms with van der Waals surface area (Å²) in [6.45, 7) is 1.50. The first-order valence-corrected chi connectivity index (χ1v) is 7.66. The molecule has 0 unspecified atom stereocenters. The summed E-state index contributed by atoms with van der Waals surface area (Å²) in [4.78, 5) is 24.9. The van der Waals surface area contributed by atoms with Crippen molar-refractivity contribution in [2.75, 3.05) is 20.3 Å². The lowest BCUT2D eigenvalue weighted by Crippen LogP contribution is -2.32. The van der Waals surface area contributed by atoms with Gasteiger partial charge in [-0.05, 0) is 24.6 Å². The largest absolute Gasteiger partial charge is 0.385 e. The van der Waals surface area contributed by atoms with Crippen molar-refractivity contribution in [1.82, 2.24) is 9.47 Å². The Morgan fingerprint density at radius 2 is 2.12 bits per heavy atom. The quantitative estimate of drug-likeness (QED) is 0.423. The van der Waals surface area contributed by atoms with Crippen LogP contribution in [0, 0.1) is 10.1 Å². The monoisotopic (exact) mass is 331 g/mol. The Morgan fingerprint density at radius 1 is 1.33 bits per heavy atom. The molecule has 1 aromatic heterocycles. The van der Waals surface area contributed by atoms with Gasteiger partial charge in [0.15, 0.2) is 0 Å². The molecular weight excluding hydrogens is 310 g/mol. The van der Waals surface area contributed by atoms with Crippen molar-refractivity contribution in [3.05, 3.63) is 64.0 Å². The predicted molar refractivity (Wildman–Crippen MR) is 89.7 cm³/mol. The van der Waals surface area contributed by atoms with Crippen molar-refractivity contribution < 1.29 is 14.5 Å². The number of carbonyl (C=O) groups is 1. The highest BCUT2D eigenvalue weighted by Gasteiger charge is 2.19. The van der Waals surface area contributed by atoms with E-state index in [1.807, 2.05) is 29.9 Å². The van der Waals surface area contributed by atoms with Crippen LogP contribution in [0.5, 0.6) is 0 Å². The van der Waals surface area contributed by atoms with Gasteiger partial charge in [0.2, 0.25) is 0 Å². The predicted octanol–water partition coefficient (Wildman–Crippen LogP) is 2.61. The molecule has 0 saturated carbocycles. The summed E-state index contributed by atoms with van der Waals surface area (Å²) in [5.41, 5.74) is 1.22. The molecule has 0 bridgehead atoms. The minimum absolute atomic E-state index is 0.0865. The molecule has 1 amide bonds. The third kappa shape index (κ3) is 4.42. The molecular formula is C17H21N3O4. The van der Waals surface area contributed by atoms with Crippen LogP contribution in [-0.4, -0.2) is 40.6 Å². The summed E-state index contributed by atoms with van der Waals surface area (Å²) < 4.78 is 7.00. The lowest BCUT2D eigenvalue weighted by atomic mass is 10.1. The van der Waals surface area contributed by atoms with E-state index in [4.69, 9.17) is 4.74 Å². The van der Waals surface area contributed by atoms with Gasteiger partial charge in [0, 0.05) is 56.9 Å². The van der Waals surface area contributed by atoms with Gasteiger partial charge in [-0.3, -0.25) is 14.9 Å². The summed E-state index contributed by atoms with van der Waals surface area (Å²) in [5, 5.41) is 10.9. The molecule has 7 nitrogen and oxygen atoms in total. The summed E-state index contributed by atoms with van der Waals surface area (Å²) in [6, 6.07) is 9.69. The molecule has 0 spiro atoms. The number of nitro benzene ring substituents is 1. The standard InChI is InChI=1S/C17H21N3O4/c1-18-9-4-8-16(18)13-19(10-5-11-24-2)17(21)14-6-3-7-15(12-14)20(22)23/h3-4,6-9,12H,5,10-11,13H2,1-2H3. The molecule has 1 heterocycles. The molecule has 2 aromatic rings. The third-order valence-electron chi connectivity index (χ3n) is 3.77. The Balaban J connectivity index is 2.21. The lowest BCUT2D eigenvalue weighted by molar-refractivity contribution is -0.384. The topological polar surface area (TPSA) is 77.6 Å². The Labute approximate surface area is 140 Å². The van der Waals surface area contributed by atoms with E-state index in [1.165, 1.54) is 18.2 Å². The molecule has 24 heavy (non-hydrogen) atoms. The van der Waals surface area contributed by atoms with Crippen LogP contribution in [0.2, 0.25) is 0 Å². The molecule has 7 heteroatoms. The van der Waals surface area contributed by atoms with Gasteiger partial charge in [0.1, 0.15) is 0 Å². The Kier molecular flexibility index (Phi) is 6.08. The first-order chi connectivity index (χ1) is 11.5. The number of benzene rings is 1. The van der Waals surface area contributed by atoms with Crippen LogP contribution in [0.1, 0.15) is 22.5 Å². The number of nitro groups is 1. The van der Waals surface area contributed by atoms with E-state index in [9.17, 15) is 14.9 Å².